The summed E-state index contributed by atoms with van der Waals surface area (Å²) in [5.41, 5.74) is -0.0611. The summed E-state index contributed by atoms with van der Waals surface area (Å²) in [7, 11) is -3.86. The van der Waals surface area contributed by atoms with Crippen LogP contribution < -0.4 is 5.14 Å². The zero-order valence-corrected chi connectivity index (χ0v) is 9.43. The minimum Gasteiger partial charge on any atom is -0.478 e. The maximum Gasteiger partial charge on any atom is 0.336 e. The van der Waals surface area contributed by atoms with Crippen molar-refractivity contribution in [2.45, 2.75) is 9.79 Å². The Morgan fingerprint density at radius 2 is 2.07 bits per heavy atom. The molecule has 0 saturated heterocycles. The molecular weight excluding hydrogens is 238 g/mol. The molecule has 0 amide bonds. The molecule has 0 radical (unpaired) electrons. The number of carboxylic acids is 1. The van der Waals surface area contributed by atoms with Crippen molar-refractivity contribution in [1.29, 1.82) is 0 Å². The van der Waals surface area contributed by atoms with Gasteiger partial charge in [-0.3, -0.25) is 0 Å². The summed E-state index contributed by atoms with van der Waals surface area (Å²) in [6, 6.07) is 3.77. The fourth-order valence-corrected chi connectivity index (χ4v) is 2.14. The molecule has 0 saturated carbocycles. The first-order valence-electron chi connectivity index (χ1n) is 3.80. The van der Waals surface area contributed by atoms with Crippen LogP contribution in [0.4, 0.5) is 0 Å². The largest absolute Gasteiger partial charge is 0.478 e. The molecule has 7 heteroatoms. The van der Waals surface area contributed by atoms with Gasteiger partial charge in [0, 0.05) is 4.90 Å². The lowest BCUT2D eigenvalue weighted by Crippen LogP contribution is -2.13. The van der Waals surface area contributed by atoms with E-state index in [9.17, 15) is 13.2 Å². The van der Waals surface area contributed by atoms with E-state index in [1.54, 1.807) is 6.26 Å². The molecule has 1 aromatic rings. The molecule has 0 unspecified atom stereocenters. The number of hydrogen-bond donors (Lipinski definition) is 2. The molecule has 0 aromatic heterocycles. The van der Waals surface area contributed by atoms with Crippen LogP contribution in [0, 0.1) is 0 Å². The zero-order chi connectivity index (χ0) is 11.6. The lowest BCUT2D eigenvalue weighted by molar-refractivity contribution is 0.0693. The van der Waals surface area contributed by atoms with Gasteiger partial charge in [0.25, 0.3) is 0 Å². The van der Waals surface area contributed by atoms with Crippen molar-refractivity contribution in [2.24, 2.45) is 5.14 Å². The second-order valence-electron chi connectivity index (χ2n) is 2.71. The van der Waals surface area contributed by atoms with E-state index < -0.39 is 16.0 Å². The highest BCUT2D eigenvalue weighted by molar-refractivity contribution is 7.98. The van der Waals surface area contributed by atoms with E-state index in [2.05, 4.69) is 0 Å². The van der Waals surface area contributed by atoms with Gasteiger partial charge in [-0.2, -0.15) is 0 Å². The maximum atomic E-state index is 11.0. The van der Waals surface area contributed by atoms with Crippen LogP contribution in [0.2, 0.25) is 0 Å². The topological polar surface area (TPSA) is 97.5 Å². The highest BCUT2D eigenvalue weighted by Gasteiger charge is 2.15. The number of carbonyl (C=O) groups is 1. The lowest BCUT2D eigenvalue weighted by atomic mass is 10.2. The summed E-state index contributed by atoms with van der Waals surface area (Å²) in [6.45, 7) is 0. The Bertz CT molecular complexity index is 495. The van der Waals surface area contributed by atoms with Gasteiger partial charge in [0.15, 0.2) is 0 Å². The van der Waals surface area contributed by atoms with Crippen LogP contribution in [0.1, 0.15) is 10.4 Å². The van der Waals surface area contributed by atoms with Gasteiger partial charge in [-0.25, -0.2) is 18.4 Å². The van der Waals surface area contributed by atoms with Gasteiger partial charge >= 0.3 is 5.97 Å². The number of hydrogen-bond acceptors (Lipinski definition) is 4. The molecule has 0 aliphatic carbocycles. The Hall–Kier alpha value is -1.05. The first kappa shape index (κ1) is 12.0. The standard InChI is InChI=1S/C8H9NO4S2/c1-14-7-3-2-5(15(9,12)13)4-6(7)8(10)11/h2-4H,1H3,(H,10,11)(H2,9,12,13). The Balaban J connectivity index is 3.42. The van der Waals surface area contributed by atoms with Gasteiger partial charge in [0.05, 0.1) is 10.5 Å². The molecule has 0 fully saturated rings. The molecule has 0 spiro atoms. The second-order valence-corrected chi connectivity index (χ2v) is 5.12. The first-order valence-corrected chi connectivity index (χ1v) is 6.57. The molecule has 3 N–H and O–H groups in total. The molecule has 0 aliphatic heterocycles. The van der Waals surface area contributed by atoms with E-state index in [0.29, 0.717) is 4.90 Å². The van der Waals surface area contributed by atoms with Crippen molar-refractivity contribution in [1.82, 2.24) is 0 Å². The van der Waals surface area contributed by atoms with Crippen molar-refractivity contribution < 1.29 is 18.3 Å². The van der Waals surface area contributed by atoms with E-state index in [1.807, 2.05) is 0 Å². The third-order valence-electron chi connectivity index (χ3n) is 1.73. The smallest absolute Gasteiger partial charge is 0.336 e. The lowest BCUT2D eigenvalue weighted by Gasteiger charge is -2.04. The number of thioether (sulfide) groups is 1. The molecule has 82 valence electrons. The summed E-state index contributed by atoms with van der Waals surface area (Å²) < 4.78 is 22.0. The van der Waals surface area contributed by atoms with E-state index >= 15 is 0 Å². The monoisotopic (exact) mass is 247 g/mol. The van der Waals surface area contributed by atoms with Crippen LogP contribution in [0.15, 0.2) is 28.0 Å². The van der Waals surface area contributed by atoms with E-state index in [0.717, 1.165) is 6.07 Å². The van der Waals surface area contributed by atoms with E-state index in [-0.39, 0.29) is 10.5 Å². The molecule has 1 aromatic carbocycles. The highest BCUT2D eigenvalue weighted by atomic mass is 32.2. The third-order valence-corrected chi connectivity index (χ3v) is 3.44. The zero-order valence-electron chi connectivity index (χ0n) is 7.80. The molecule has 5 nitrogen and oxygen atoms in total. The fraction of sp³-hybridized carbons (Fsp3) is 0.125. The fourth-order valence-electron chi connectivity index (χ4n) is 1.03. The Labute approximate surface area is 91.3 Å². The number of nitrogens with two attached hydrogens (primary N) is 1. The Morgan fingerprint density at radius 1 is 1.47 bits per heavy atom. The number of carboxylic acid groups (broad SMARTS) is 1. The van der Waals surface area contributed by atoms with Gasteiger partial charge in [-0.1, -0.05) is 0 Å². The van der Waals surface area contributed by atoms with Gasteiger partial charge in [-0.15, -0.1) is 11.8 Å². The SMILES string of the molecule is CSc1ccc(S(N)(=O)=O)cc1C(=O)O. The molecule has 0 atom stereocenters. The summed E-state index contributed by atoms with van der Waals surface area (Å²) in [5.74, 6) is -1.18. The number of primary sulfonamides is 1. The van der Waals surface area contributed by atoms with Crippen molar-refractivity contribution >= 4 is 27.8 Å². The van der Waals surface area contributed by atoms with E-state index in [1.165, 1.54) is 23.9 Å². The summed E-state index contributed by atoms with van der Waals surface area (Å²) in [6.07, 6.45) is 1.71. The Morgan fingerprint density at radius 3 is 2.47 bits per heavy atom. The predicted molar refractivity (Wildman–Crippen MR) is 56.6 cm³/mol. The van der Waals surface area contributed by atoms with Gasteiger partial charge in [0.1, 0.15) is 0 Å². The number of benzene rings is 1. The predicted octanol–water partition coefficient (Wildman–Crippen LogP) is 0.754. The summed E-state index contributed by atoms with van der Waals surface area (Å²) in [4.78, 5) is 11.1. The van der Waals surface area contributed by atoms with Crippen LogP contribution >= 0.6 is 11.8 Å². The average molecular weight is 247 g/mol. The molecule has 0 heterocycles. The summed E-state index contributed by atoms with van der Waals surface area (Å²) in [5, 5.41) is 13.7. The maximum absolute atomic E-state index is 11.0. The number of aromatic carboxylic acids is 1. The molecular formula is C8H9NO4S2. The van der Waals surface area contributed by atoms with Crippen LogP contribution in [-0.4, -0.2) is 25.7 Å². The minimum atomic E-state index is -3.86. The van der Waals surface area contributed by atoms with E-state index in [4.69, 9.17) is 10.2 Å². The highest BCUT2D eigenvalue weighted by Crippen LogP contribution is 2.23. The Kier molecular flexibility index (Phi) is 3.38. The second kappa shape index (κ2) is 4.21. The molecule has 15 heavy (non-hydrogen) atoms. The molecule has 0 aliphatic rings. The van der Waals surface area contributed by atoms with Gasteiger partial charge in [-0.05, 0) is 24.5 Å². The van der Waals surface area contributed by atoms with Crippen molar-refractivity contribution in [3.8, 4) is 0 Å². The molecule has 0 bridgehead atoms. The van der Waals surface area contributed by atoms with Gasteiger partial charge < -0.3 is 5.11 Å². The quantitative estimate of drug-likeness (QED) is 0.768. The normalized spacial score (nSPS) is 11.3. The van der Waals surface area contributed by atoms with Crippen molar-refractivity contribution in [2.75, 3.05) is 6.26 Å². The van der Waals surface area contributed by atoms with Crippen molar-refractivity contribution in [3.63, 3.8) is 0 Å². The number of sulfonamides is 1. The average Bonchev–Trinajstić information content (AvgIpc) is 2.15. The van der Waals surface area contributed by atoms with Crippen LogP contribution in [-0.2, 0) is 10.0 Å². The van der Waals surface area contributed by atoms with Crippen LogP contribution in [0.25, 0.3) is 0 Å². The minimum absolute atomic E-state index is 0.0611. The summed E-state index contributed by atoms with van der Waals surface area (Å²) >= 11 is 1.23. The number of rotatable bonds is 3. The first-order chi connectivity index (χ1) is 6.86. The van der Waals surface area contributed by atoms with Crippen LogP contribution in [0.5, 0.6) is 0 Å². The van der Waals surface area contributed by atoms with Crippen LogP contribution in [0.3, 0.4) is 0 Å². The van der Waals surface area contributed by atoms with Gasteiger partial charge in [0.2, 0.25) is 10.0 Å². The third kappa shape index (κ3) is 2.71. The molecule has 1 rings (SSSR count). The van der Waals surface area contributed by atoms with Crippen molar-refractivity contribution in [3.05, 3.63) is 23.8 Å².